The average Bonchev–Trinajstić information content (AvgIpc) is 2.04. The fourth-order valence-electron chi connectivity index (χ4n) is 0.734. The first kappa shape index (κ1) is 8.01. The lowest BCUT2D eigenvalue weighted by Crippen LogP contribution is -1.95. The van der Waals surface area contributed by atoms with Crippen LogP contribution in [0.15, 0.2) is 23.6 Å². The van der Waals surface area contributed by atoms with Gasteiger partial charge in [0.15, 0.2) is 5.17 Å². The van der Waals surface area contributed by atoms with Gasteiger partial charge in [0.05, 0.1) is 0 Å². The molecule has 0 aromatic carbocycles. The molecule has 0 fully saturated rings. The maximum absolute atomic E-state index is 8.34. The van der Waals surface area contributed by atoms with Crippen LogP contribution < -0.4 is 0 Å². The van der Waals surface area contributed by atoms with Crippen molar-refractivity contribution in [3.8, 4) is 0 Å². The summed E-state index contributed by atoms with van der Waals surface area (Å²) in [5.74, 6) is 0. The molecule has 0 unspecified atom stereocenters. The lowest BCUT2D eigenvalue weighted by Gasteiger charge is -1.98. The Morgan fingerprint density at radius 3 is 3.00 bits per heavy atom. The number of rotatable bonds is 1. The molecule has 0 bridgehead atoms. The molecule has 0 aliphatic carbocycles. The highest BCUT2D eigenvalue weighted by atomic mass is 35.5. The fraction of sp³-hybridized carbons (Fsp3) is 0.143. The van der Waals surface area contributed by atoms with E-state index < -0.39 is 0 Å². The molecular formula is C7H7ClN2O. The summed E-state index contributed by atoms with van der Waals surface area (Å²) in [7, 11) is 0. The van der Waals surface area contributed by atoms with E-state index in [2.05, 4.69) is 10.1 Å². The molecule has 0 saturated heterocycles. The number of nitrogens with zero attached hydrogens (tertiary/aromatic N) is 2. The van der Waals surface area contributed by atoms with Crippen LogP contribution in [-0.4, -0.2) is 15.4 Å². The molecule has 1 aromatic rings. The van der Waals surface area contributed by atoms with Crippen molar-refractivity contribution in [3.63, 3.8) is 0 Å². The summed E-state index contributed by atoms with van der Waals surface area (Å²) in [6, 6.07) is 1.79. The van der Waals surface area contributed by atoms with Gasteiger partial charge in [-0.15, -0.1) is 0 Å². The van der Waals surface area contributed by atoms with Gasteiger partial charge in [-0.1, -0.05) is 16.8 Å². The van der Waals surface area contributed by atoms with E-state index >= 15 is 0 Å². The zero-order chi connectivity index (χ0) is 8.27. The molecule has 4 heteroatoms. The van der Waals surface area contributed by atoms with Gasteiger partial charge in [-0.25, -0.2) is 0 Å². The number of aromatic nitrogens is 1. The minimum Gasteiger partial charge on any atom is -0.410 e. The van der Waals surface area contributed by atoms with Gasteiger partial charge in [-0.05, 0) is 18.6 Å². The van der Waals surface area contributed by atoms with Gasteiger partial charge in [0.2, 0.25) is 0 Å². The molecule has 0 saturated carbocycles. The molecule has 0 amide bonds. The zero-order valence-corrected chi connectivity index (χ0v) is 6.71. The molecule has 1 N–H and O–H groups in total. The fourth-order valence-corrected chi connectivity index (χ4v) is 0.932. The Balaban J connectivity index is 3.14. The van der Waals surface area contributed by atoms with E-state index in [-0.39, 0.29) is 5.17 Å². The zero-order valence-electron chi connectivity index (χ0n) is 5.95. The molecule has 0 atom stereocenters. The SMILES string of the molecule is Cc1ccncc1/C(Cl)=N/O. The number of halogens is 1. The largest absolute Gasteiger partial charge is 0.410 e. The average molecular weight is 171 g/mol. The number of oxime groups is 1. The molecule has 1 rings (SSSR count). The Morgan fingerprint density at radius 1 is 1.73 bits per heavy atom. The van der Waals surface area contributed by atoms with Crippen molar-refractivity contribution >= 4 is 16.8 Å². The van der Waals surface area contributed by atoms with Crippen molar-refractivity contribution in [2.45, 2.75) is 6.92 Å². The molecule has 0 aliphatic rings. The van der Waals surface area contributed by atoms with Crippen molar-refractivity contribution in [1.82, 2.24) is 4.98 Å². The van der Waals surface area contributed by atoms with Crippen molar-refractivity contribution < 1.29 is 5.21 Å². The Labute approximate surface area is 69.3 Å². The summed E-state index contributed by atoms with van der Waals surface area (Å²) in [6.07, 6.45) is 3.21. The van der Waals surface area contributed by atoms with Gasteiger partial charge < -0.3 is 5.21 Å². The Hall–Kier alpha value is -1.09. The maximum atomic E-state index is 8.34. The third-order valence-corrected chi connectivity index (χ3v) is 1.63. The van der Waals surface area contributed by atoms with Crippen LogP contribution in [0.4, 0.5) is 0 Å². The highest BCUT2D eigenvalue weighted by Crippen LogP contribution is 2.08. The smallest absolute Gasteiger partial charge is 0.177 e. The summed E-state index contributed by atoms with van der Waals surface area (Å²) < 4.78 is 0. The lowest BCUT2D eigenvalue weighted by atomic mass is 10.2. The Bertz CT molecular complexity index is 286. The van der Waals surface area contributed by atoms with E-state index in [4.69, 9.17) is 16.8 Å². The van der Waals surface area contributed by atoms with Crippen LogP contribution in [0.25, 0.3) is 0 Å². The van der Waals surface area contributed by atoms with Crippen LogP contribution in [0.3, 0.4) is 0 Å². The lowest BCUT2D eigenvalue weighted by molar-refractivity contribution is 0.321. The summed E-state index contributed by atoms with van der Waals surface area (Å²) in [5.41, 5.74) is 1.58. The van der Waals surface area contributed by atoms with Crippen LogP contribution in [0, 0.1) is 6.92 Å². The van der Waals surface area contributed by atoms with E-state index in [1.807, 2.05) is 6.92 Å². The topological polar surface area (TPSA) is 45.5 Å². The van der Waals surface area contributed by atoms with Gasteiger partial charge in [0, 0.05) is 18.0 Å². The first-order chi connectivity index (χ1) is 5.25. The van der Waals surface area contributed by atoms with Crippen LogP contribution >= 0.6 is 11.6 Å². The van der Waals surface area contributed by atoms with Gasteiger partial charge in [-0.2, -0.15) is 0 Å². The quantitative estimate of drug-likeness (QED) is 0.397. The first-order valence-corrected chi connectivity index (χ1v) is 3.42. The van der Waals surface area contributed by atoms with E-state index in [9.17, 15) is 0 Å². The Morgan fingerprint density at radius 2 is 2.45 bits per heavy atom. The maximum Gasteiger partial charge on any atom is 0.177 e. The third-order valence-electron chi connectivity index (χ3n) is 1.35. The molecule has 11 heavy (non-hydrogen) atoms. The monoisotopic (exact) mass is 170 g/mol. The van der Waals surface area contributed by atoms with E-state index in [1.165, 1.54) is 0 Å². The van der Waals surface area contributed by atoms with Crippen molar-refractivity contribution in [3.05, 3.63) is 29.6 Å². The minimum atomic E-state index is 0.0654. The molecule has 1 heterocycles. The van der Waals surface area contributed by atoms with Crippen LogP contribution in [0.2, 0.25) is 0 Å². The number of aryl methyl sites for hydroxylation is 1. The third kappa shape index (κ3) is 1.68. The van der Waals surface area contributed by atoms with Crippen LogP contribution in [0.5, 0.6) is 0 Å². The van der Waals surface area contributed by atoms with E-state index in [1.54, 1.807) is 18.5 Å². The number of pyridine rings is 1. The van der Waals surface area contributed by atoms with Crippen molar-refractivity contribution in [1.29, 1.82) is 0 Å². The standard InChI is InChI=1S/C7H7ClN2O/c1-5-2-3-9-4-6(5)7(8)10-11/h2-4,11H,1H3/b10-7-. The predicted molar refractivity (Wildman–Crippen MR) is 43.2 cm³/mol. The normalized spacial score (nSPS) is 11.6. The molecular weight excluding hydrogens is 164 g/mol. The second kappa shape index (κ2) is 3.34. The molecule has 58 valence electrons. The van der Waals surface area contributed by atoms with Gasteiger partial charge in [-0.3, -0.25) is 4.98 Å². The molecule has 3 nitrogen and oxygen atoms in total. The number of hydrogen-bond donors (Lipinski definition) is 1. The van der Waals surface area contributed by atoms with E-state index in [0.29, 0.717) is 5.56 Å². The van der Waals surface area contributed by atoms with E-state index in [0.717, 1.165) is 5.56 Å². The highest BCUT2D eigenvalue weighted by Gasteiger charge is 2.02. The van der Waals surface area contributed by atoms with Crippen molar-refractivity contribution in [2.24, 2.45) is 5.16 Å². The van der Waals surface area contributed by atoms with Crippen molar-refractivity contribution in [2.75, 3.05) is 0 Å². The molecule has 0 spiro atoms. The summed E-state index contributed by atoms with van der Waals surface area (Å²) in [4.78, 5) is 3.84. The summed E-state index contributed by atoms with van der Waals surface area (Å²) in [5, 5.41) is 11.3. The highest BCUT2D eigenvalue weighted by molar-refractivity contribution is 6.69. The van der Waals surface area contributed by atoms with Gasteiger partial charge in [0.1, 0.15) is 0 Å². The number of hydrogen-bond acceptors (Lipinski definition) is 3. The first-order valence-electron chi connectivity index (χ1n) is 3.04. The van der Waals surface area contributed by atoms with Gasteiger partial charge in [0.25, 0.3) is 0 Å². The molecule has 1 aromatic heterocycles. The van der Waals surface area contributed by atoms with Crippen LogP contribution in [-0.2, 0) is 0 Å². The predicted octanol–water partition coefficient (Wildman–Crippen LogP) is 1.76. The molecule has 0 aliphatic heterocycles. The summed E-state index contributed by atoms with van der Waals surface area (Å²) in [6.45, 7) is 1.87. The summed E-state index contributed by atoms with van der Waals surface area (Å²) >= 11 is 5.56. The second-order valence-corrected chi connectivity index (χ2v) is 2.44. The molecule has 0 radical (unpaired) electrons. The second-order valence-electron chi connectivity index (χ2n) is 2.08. The Kier molecular flexibility index (Phi) is 2.44. The minimum absolute atomic E-state index is 0.0654. The van der Waals surface area contributed by atoms with Crippen LogP contribution in [0.1, 0.15) is 11.1 Å². The van der Waals surface area contributed by atoms with Gasteiger partial charge >= 0.3 is 0 Å².